The summed E-state index contributed by atoms with van der Waals surface area (Å²) in [5.41, 5.74) is 0. The van der Waals surface area contributed by atoms with Crippen LogP contribution in [0.3, 0.4) is 0 Å². The molecule has 1 fully saturated rings. The maximum atomic E-state index is 12.4. The van der Waals surface area contributed by atoms with Gasteiger partial charge in [0.1, 0.15) is 23.0 Å². The molecule has 1 saturated heterocycles. The van der Waals surface area contributed by atoms with Crippen LogP contribution in [0.15, 0.2) is 17.8 Å². The molecule has 0 bridgehead atoms. The van der Waals surface area contributed by atoms with E-state index < -0.39 is 11.9 Å². The minimum Gasteiger partial charge on any atom is -0.481 e. The Morgan fingerprint density at radius 2 is 2.35 bits per heavy atom. The van der Waals surface area contributed by atoms with Gasteiger partial charge in [0.25, 0.3) is 0 Å². The van der Waals surface area contributed by atoms with Crippen LogP contribution in [0.25, 0.3) is 10.2 Å². The standard InChI is InChI=1S/C15H18N4O3S/c1-9(15(21)22)7-16-13(20)11-3-2-5-19(11)12-10-4-6-23-14(10)18-8-17-12/h4,6,8-9,11H,2-3,5,7H2,1H3,(H,16,20)(H,21,22). The summed E-state index contributed by atoms with van der Waals surface area (Å²) in [6, 6.07) is 1.66. The van der Waals surface area contributed by atoms with E-state index in [0.29, 0.717) is 0 Å². The minimum atomic E-state index is -0.913. The lowest BCUT2D eigenvalue weighted by molar-refractivity contribution is -0.141. The van der Waals surface area contributed by atoms with Crippen molar-refractivity contribution in [1.82, 2.24) is 15.3 Å². The number of carboxylic acid groups (broad SMARTS) is 1. The first-order valence-corrected chi connectivity index (χ1v) is 8.41. The number of nitrogens with zero attached hydrogens (tertiary/aromatic N) is 3. The summed E-state index contributed by atoms with van der Waals surface area (Å²) in [6.45, 7) is 2.47. The summed E-state index contributed by atoms with van der Waals surface area (Å²) in [5, 5.41) is 14.6. The Hall–Kier alpha value is -2.22. The molecule has 7 nitrogen and oxygen atoms in total. The smallest absolute Gasteiger partial charge is 0.308 e. The molecule has 1 aliphatic heterocycles. The van der Waals surface area contributed by atoms with Crippen LogP contribution in [0.4, 0.5) is 5.82 Å². The number of fused-ring (bicyclic) bond motifs is 1. The number of carbonyl (C=O) groups excluding carboxylic acids is 1. The van der Waals surface area contributed by atoms with E-state index in [-0.39, 0.29) is 18.5 Å². The average molecular weight is 334 g/mol. The van der Waals surface area contributed by atoms with Crippen molar-refractivity contribution in [1.29, 1.82) is 0 Å². The van der Waals surface area contributed by atoms with E-state index in [9.17, 15) is 9.59 Å². The predicted octanol–water partition coefficient (Wildman–Crippen LogP) is 1.50. The van der Waals surface area contributed by atoms with E-state index in [4.69, 9.17) is 5.11 Å². The Morgan fingerprint density at radius 3 is 3.13 bits per heavy atom. The van der Waals surface area contributed by atoms with Crippen LogP contribution in [0, 0.1) is 5.92 Å². The van der Waals surface area contributed by atoms with Gasteiger partial charge in [-0.1, -0.05) is 6.92 Å². The number of hydrogen-bond donors (Lipinski definition) is 2. The largest absolute Gasteiger partial charge is 0.481 e. The molecule has 2 aromatic rings. The van der Waals surface area contributed by atoms with Crippen molar-refractivity contribution < 1.29 is 14.7 Å². The van der Waals surface area contributed by atoms with Crippen LogP contribution in [-0.4, -0.2) is 46.1 Å². The van der Waals surface area contributed by atoms with Gasteiger partial charge in [0.05, 0.1) is 11.3 Å². The molecule has 0 radical (unpaired) electrons. The van der Waals surface area contributed by atoms with Crippen molar-refractivity contribution in [2.75, 3.05) is 18.0 Å². The Kier molecular flexibility index (Phi) is 4.42. The number of anilines is 1. The molecule has 0 saturated carbocycles. The highest BCUT2D eigenvalue weighted by Crippen LogP contribution is 2.31. The van der Waals surface area contributed by atoms with Gasteiger partial charge in [-0.15, -0.1) is 11.3 Å². The summed E-state index contributed by atoms with van der Waals surface area (Å²) in [7, 11) is 0. The molecule has 122 valence electrons. The van der Waals surface area contributed by atoms with Crippen LogP contribution in [-0.2, 0) is 9.59 Å². The minimum absolute atomic E-state index is 0.135. The molecule has 0 aliphatic carbocycles. The third-order valence-electron chi connectivity index (χ3n) is 4.07. The van der Waals surface area contributed by atoms with Gasteiger partial charge in [-0.2, -0.15) is 0 Å². The lowest BCUT2D eigenvalue weighted by Crippen LogP contribution is -2.45. The molecular formula is C15H18N4O3S. The van der Waals surface area contributed by atoms with Gasteiger partial charge in [0.15, 0.2) is 0 Å². The number of hydrogen-bond acceptors (Lipinski definition) is 6. The Morgan fingerprint density at radius 1 is 1.52 bits per heavy atom. The van der Waals surface area contributed by atoms with E-state index in [1.165, 1.54) is 6.33 Å². The first-order chi connectivity index (χ1) is 11.1. The summed E-state index contributed by atoms with van der Waals surface area (Å²) in [5.74, 6) is -0.876. The lowest BCUT2D eigenvalue weighted by atomic mass is 10.1. The molecule has 2 atom stereocenters. The first-order valence-electron chi connectivity index (χ1n) is 7.53. The van der Waals surface area contributed by atoms with Crippen molar-refractivity contribution in [3.05, 3.63) is 17.8 Å². The van der Waals surface area contributed by atoms with Gasteiger partial charge in [-0.3, -0.25) is 9.59 Å². The molecule has 1 aliphatic rings. The number of aliphatic carboxylic acids is 1. The maximum Gasteiger partial charge on any atom is 0.308 e. The third kappa shape index (κ3) is 3.12. The zero-order valence-corrected chi connectivity index (χ0v) is 13.5. The summed E-state index contributed by atoms with van der Waals surface area (Å²) < 4.78 is 0. The summed E-state index contributed by atoms with van der Waals surface area (Å²) >= 11 is 1.54. The topological polar surface area (TPSA) is 95.4 Å². The number of carboxylic acids is 1. The number of nitrogens with one attached hydrogen (secondary N) is 1. The van der Waals surface area contributed by atoms with Gasteiger partial charge in [-0.05, 0) is 24.3 Å². The second-order valence-corrected chi connectivity index (χ2v) is 6.57. The fourth-order valence-electron chi connectivity index (χ4n) is 2.76. The molecule has 3 rings (SSSR count). The van der Waals surface area contributed by atoms with E-state index in [1.54, 1.807) is 18.3 Å². The molecule has 0 aromatic carbocycles. The normalized spacial score (nSPS) is 19.0. The molecule has 8 heteroatoms. The van der Waals surface area contributed by atoms with Gasteiger partial charge in [-0.25, -0.2) is 9.97 Å². The number of thiophene rings is 1. The van der Waals surface area contributed by atoms with Crippen molar-refractivity contribution in [3.63, 3.8) is 0 Å². The van der Waals surface area contributed by atoms with Crippen LogP contribution >= 0.6 is 11.3 Å². The zero-order chi connectivity index (χ0) is 16.4. The van der Waals surface area contributed by atoms with E-state index in [1.807, 2.05) is 16.3 Å². The van der Waals surface area contributed by atoms with Crippen molar-refractivity contribution in [3.8, 4) is 0 Å². The molecule has 23 heavy (non-hydrogen) atoms. The lowest BCUT2D eigenvalue weighted by Gasteiger charge is -2.25. The second-order valence-electron chi connectivity index (χ2n) is 5.67. The maximum absolute atomic E-state index is 12.4. The van der Waals surface area contributed by atoms with Crippen LogP contribution in [0.2, 0.25) is 0 Å². The molecule has 3 heterocycles. The first kappa shape index (κ1) is 15.7. The molecule has 2 aromatic heterocycles. The highest BCUT2D eigenvalue weighted by Gasteiger charge is 2.33. The molecule has 2 N–H and O–H groups in total. The van der Waals surface area contributed by atoms with E-state index in [2.05, 4.69) is 15.3 Å². The number of aromatic nitrogens is 2. The molecule has 1 amide bonds. The molecular weight excluding hydrogens is 316 g/mol. The Labute approximate surface area is 137 Å². The van der Waals surface area contributed by atoms with Crippen LogP contribution < -0.4 is 10.2 Å². The highest BCUT2D eigenvalue weighted by molar-refractivity contribution is 7.16. The van der Waals surface area contributed by atoms with E-state index in [0.717, 1.165) is 35.4 Å². The third-order valence-corrected chi connectivity index (χ3v) is 4.89. The van der Waals surface area contributed by atoms with Gasteiger partial charge < -0.3 is 15.3 Å². The summed E-state index contributed by atoms with van der Waals surface area (Å²) in [4.78, 5) is 34.8. The fraction of sp³-hybridized carbons (Fsp3) is 0.467. The van der Waals surface area contributed by atoms with Gasteiger partial charge in [0, 0.05) is 13.1 Å². The van der Waals surface area contributed by atoms with Gasteiger partial charge >= 0.3 is 5.97 Å². The van der Waals surface area contributed by atoms with Crippen molar-refractivity contribution >= 4 is 39.2 Å². The second kappa shape index (κ2) is 6.49. The Bertz CT molecular complexity index is 732. The zero-order valence-electron chi connectivity index (χ0n) is 12.7. The number of amides is 1. The SMILES string of the molecule is CC(CNC(=O)C1CCCN1c1ncnc2sccc12)C(=O)O. The molecule has 2 unspecified atom stereocenters. The van der Waals surface area contributed by atoms with Crippen LogP contribution in [0.5, 0.6) is 0 Å². The molecule has 0 spiro atoms. The highest BCUT2D eigenvalue weighted by atomic mass is 32.1. The fourth-order valence-corrected chi connectivity index (χ4v) is 3.48. The van der Waals surface area contributed by atoms with E-state index >= 15 is 0 Å². The number of carbonyl (C=O) groups is 2. The predicted molar refractivity (Wildman–Crippen MR) is 87.6 cm³/mol. The number of rotatable bonds is 5. The quantitative estimate of drug-likeness (QED) is 0.860. The van der Waals surface area contributed by atoms with Crippen LogP contribution in [0.1, 0.15) is 19.8 Å². The Balaban J connectivity index is 1.76. The van der Waals surface area contributed by atoms with Crippen molar-refractivity contribution in [2.24, 2.45) is 5.92 Å². The average Bonchev–Trinajstić information content (AvgIpc) is 3.20. The monoisotopic (exact) mass is 334 g/mol. The van der Waals surface area contributed by atoms with Gasteiger partial charge in [0.2, 0.25) is 5.91 Å². The summed E-state index contributed by atoms with van der Waals surface area (Å²) in [6.07, 6.45) is 3.17. The van der Waals surface area contributed by atoms with Crippen molar-refractivity contribution in [2.45, 2.75) is 25.8 Å².